The summed E-state index contributed by atoms with van der Waals surface area (Å²) >= 11 is 0. The lowest BCUT2D eigenvalue weighted by Gasteiger charge is -2.30. The third-order valence-corrected chi connectivity index (χ3v) is 4.80. The van der Waals surface area contributed by atoms with Crippen molar-refractivity contribution in [3.63, 3.8) is 0 Å². The molecule has 136 valence electrons. The highest BCUT2D eigenvalue weighted by Gasteiger charge is 2.24. The van der Waals surface area contributed by atoms with Crippen molar-refractivity contribution in [2.75, 3.05) is 18.4 Å². The first-order valence-corrected chi connectivity index (χ1v) is 9.03. The Labute approximate surface area is 154 Å². The second kappa shape index (κ2) is 8.15. The Morgan fingerprint density at radius 2 is 1.88 bits per heavy atom. The van der Waals surface area contributed by atoms with E-state index in [0.29, 0.717) is 22.7 Å². The molecule has 1 fully saturated rings. The lowest BCUT2D eigenvalue weighted by Crippen LogP contribution is -2.48. The normalized spacial score (nSPS) is 19.6. The molecule has 1 aliphatic heterocycles. The van der Waals surface area contributed by atoms with Crippen LogP contribution in [0.1, 0.15) is 39.6 Å². The Morgan fingerprint density at radius 3 is 2.65 bits per heavy atom. The molecule has 3 N–H and O–H groups in total. The molecule has 2 atom stereocenters. The molecule has 2 unspecified atom stereocenters. The molecule has 0 saturated carbocycles. The number of amides is 2. The van der Waals surface area contributed by atoms with Gasteiger partial charge in [0.25, 0.3) is 11.8 Å². The van der Waals surface area contributed by atoms with Gasteiger partial charge in [0.2, 0.25) is 0 Å². The molecule has 5 heteroatoms. The molecule has 1 heterocycles. The first-order valence-electron chi connectivity index (χ1n) is 9.03. The van der Waals surface area contributed by atoms with Gasteiger partial charge in [0.1, 0.15) is 0 Å². The quantitative estimate of drug-likeness (QED) is 0.793. The summed E-state index contributed by atoms with van der Waals surface area (Å²) in [7, 11) is 0. The number of para-hydroxylation sites is 1. The van der Waals surface area contributed by atoms with Crippen LogP contribution in [0.3, 0.4) is 0 Å². The van der Waals surface area contributed by atoms with Gasteiger partial charge in [-0.25, -0.2) is 0 Å². The molecule has 0 spiro atoms. The first-order chi connectivity index (χ1) is 12.5. The lowest BCUT2D eigenvalue weighted by molar-refractivity contribution is 0.0915. The van der Waals surface area contributed by atoms with Crippen LogP contribution < -0.4 is 16.0 Å². The molecule has 0 radical (unpaired) electrons. The van der Waals surface area contributed by atoms with Gasteiger partial charge >= 0.3 is 0 Å². The zero-order chi connectivity index (χ0) is 18.5. The van der Waals surface area contributed by atoms with E-state index in [-0.39, 0.29) is 17.9 Å². The number of piperidine rings is 1. The second-order valence-electron chi connectivity index (χ2n) is 6.92. The maximum atomic E-state index is 12.8. The van der Waals surface area contributed by atoms with E-state index in [4.69, 9.17) is 0 Å². The van der Waals surface area contributed by atoms with Crippen LogP contribution in [0.4, 0.5) is 5.69 Å². The maximum absolute atomic E-state index is 12.8. The monoisotopic (exact) mass is 351 g/mol. The van der Waals surface area contributed by atoms with Gasteiger partial charge in [0.05, 0.1) is 11.3 Å². The zero-order valence-electron chi connectivity index (χ0n) is 15.2. The number of rotatable bonds is 4. The van der Waals surface area contributed by atoms with E-state index < -0.39 is 0 Å². The Balaban J connectivity index is 1.75. The summed E-state index contributed by atoms with van der Waals surface area (Å²) in [6.45, 7) is 5.87. The Hall–Kier alpha value is -2.66. The van der Waals surface area contributed by atoms with Gasteiger partial charge in [-0.3, -0.25) is 9.59 Å². The fraction of sp³-hybridized carbons (Fsp3) is 0.333. The highest BCUT2D eigenvalue weighted by atomic mass is 16.2. The van der Waals surface area contributed by atoms with Crippen molar-refractivity contribution >= 4 is 17.5 Å². The minimum atomic E-state index is -0.218. The largest absolute Gasteiger partial charge is 0.349 e. The fourth-order valence-electron chi connectivity index (χ4n) is 3.25. The van der Waals surface area contributed by atoms with Crippen molar-refractivity contribution in [1.29, 1.82) is 0 Å². The highest BCUT2D eigenvalue weighted by Crippen LogP contribution is 2.18. The van der Waals surface area contributed by atoms with E-state index in [1.165, 1.54) is 0 Å². The van der Waals surface area contributed by atoms with Crippen LogP contribution in [0.5, 0.6) is 0 Å². The molecular weight excluding hydrogens is 326 g/mol. The summed E-state index contributed by atoms with van der Waals surface area (Å²) < 4.78 is 0. The smallest absolute Gasteiger partial charge is 0.255 e. The molecule has 0 aromatic heterocycles. The SMILES string of the molecule is Cc1cccc(C(=O)Nc2ccccc2C(=O)NC2CCNCC2C)c1. The van der Waals surface area contributed by atoms with Crippen molar-refractivity contribution in [3.8, 4) is 0 Å². The molecule has 1 saturated heterocycles. The average Bonchev–Trinajstić information content (AvgIpc) is 2.64. The Morgan fingerprint density at radius 1 is 1.08 bits per heavy atom. The van der Waals surface area contributed by atoms with Gasteiger partial charge in [-0.05, 0) is 56.6 Å². The van der Waals surface area contributed by atoms with Crippen molar-refractivity contribution in [3.05, 3.63) is 65.2 Å². The zero-order valence-corrected chi connectivity index (χ0v) is 15.2. The molecule has 0 aliphatic carbocycles. The lowest BCUT2D eigenvalue weighted by atomic mass is 9.95. The molecule has 3 rings (SSSR count). The number of aryl methyl sites for hydroxylation is 1. The summed E-state index contributed by atoms with van der Waals surface area (Å²) in [6.07, 6.45) is 0.907. The van der Waals surface area contributed by atoms with Gasteiger partial charge in [0, 0.05) is 11.6 Å². The highest BCUT2D eigenvalue weighted by molar-refractivity contribution is 6.09. The average molecular weight is 351 g/mol. The standard InChI is InChI=1S/C21H25N3O2/c1-14-6-5-7-16(12-14)20(25)24-19-9-4-3-8-17(19)21(26)23-18-10-11-22-13-15(18)2/h3-9,12,15,18,22H,10-11,13H2,1-2H3,(H,23,26)(H,24,25). The van der Waals surface area contributed by atoms with Crippen LogP contribution >= 0.6 is 0 Å². The number of nitrogens with one attached hydrogen (secondary N) is 3. The van der Waals surface area contributed by atoms with Gasteiger partial charge in [-0.1, -0.05) is 36.8 Å². The number of hydrogen-bond acceptors (Lipinski definition) is 3. The van der Waals surface area contributed by atoms with E-state index in [2.05, 4.69) is 22.9 Å². The second-order valence-corrected chi connectivity index (χ2v) is 6.92. The minimum absolute atomic E-state index is 0.143. The van der Waals surface area contributed by atoms with E-state index in [1.54, 1.807) is 18.2 Å². The van der Waals surface area contributed by atoms with Crippen LogP contribution in [-0.4, -0.2) is 30.9 Å². The summed E-state index contributed by atoms with van der Waals surface area (Å²) in [6, 6.07) is 14.7. The predicted octanol–water partition coefficient (Wildman–Crippen LogP) is 2.98. The van der Waals surface area contributed by atoms with Gasteiger partial charge in [-0.2, -0.15) is 0 Å². The third-order valence-electron chi connectivity index (χ3n) is 4.80. The van der Waals surface area contributed by atoms with Crippen molar-refractivity contribution in [1.82, 2.24) is 10.6 Å². The van der Waals surface area contributed by atoms with Crippen molar-refractivity contribution in [2.45, 2.75) is 26.3 Å². The topological polar surface area (TPSA) is 70.2 Å². The number of anilines is 1. The van der Waals surface area contributed by atoms with Gasteiger partial charge in [-0.15, -0.1) is 0 Å². The molecule has 26 heavy (non-hydrogen) atoms. The maximum Gasteiger partial charge on any atom is 0.255 e. The molecule has 2 aromatic carbocycles. The number of benzene rings is 2. The molecule has 1 aliphatic rings. The fourth-order valence-corrected chi connectivity index (χ4v) is 3.25. The molecule has 2 amide bonds. The van der Waals surface area contributed by atoms with Crippen LogP contribution in [0.15, 0.2) is 48.5 Å². The minimum Gasteiger partial charge on any atom is -0.349 e. The summed E-state index contributed by atoms with van der Waals surface area (Å²) in [5.41, 5.74) is 2.60. The van der Waals surface area contributed by atoms with Crippen molar-refractivity contribution in [2.24, 2.45) is 5.92 Å². The van der Waals surface area contributed by atoms with Gasteiger partial charge < -0.3 is 16.0 Å². The molecule has 2 aromatic rings. The Bertz CT molecular complexity index is 803. The van der Waals surface area contributed by atoms with E-state index >= 15 is 0 Å². The first kappa shape index (κ1) is 18.1. The van der Waals surface area contributed by atoms with Crippen molar-refractivity contribution < 1.29 is 9.59 Å². The number of carbonyl (C=O) groups is 2. The third kappa shape index (κ3) is 4.29. The summed E-state index contributed by atoms with van der Waals surface area (Å²) in [5, 5.41) is 9.32. The van der Waals surface area contributed by atoms with Crippen LogP contribution in [0.2, 0.25) is 0 Å². The van der Waals surface area contributed by atoms with Crippen LogP contribution in [0.25, 0.3) is 0 Å². The van der Waals surface area contributed by atoms with E-state index in [1.807, 2.05) is 37.3 Å². The number of carbonyl (C=O) groups excluding carboxylic acids is 2. The van der Waals surface area contributed by atoms with Gasteiger partial charge in [0.15, 0.2) is 0 Å². The molecular formula is C21H25N3O2. The van der Waals surface area contributed by atoms with Crippen LogP contribution in [0, 0.1) is 12.8 Å². The van der Waals surface area contributed by atoms with Crippen LogP contribution in [-0.2, 0) is 0 Å². The molecule has 5 nitrogen and oxygen atoms in total. The number of hydrogen-bond donors (Lipinski definition) is 3. The summed E-state index contributed by atoms with van der Waals surface area (Å²) in [5.74, 6) is 0.00910. The molecule has 0 bridgehead atoms. The Kier molecular flexibility index (Phi) is 5.68. The summed E-state index contributed by atoms with van der Waals surface area (Å²) in [4.78, 5) is 25.3. The van der Waals surface area contributed by atoms with E-state index in [9.17, 15) is 9.59 Å². The van der Waals surface area contributed by atoms with E-state index in [0.717, 1.165) is 25.1 Å². The predicted molar refractivity (Wildman–Crippen MR) is 103 cm³/mol.